The number of aliphatic hydroxyl groups is 1. The maximum atomic E-state index is 12.7. The second-order valence-corrected chi connectivity index (χ2v) is 5.22. The summed E-state index contributed by atoms with van der Waals surface area (Å²) in [6, 6.07) is 6.82. The summed E-state index contributed by atoms with van der Waals surface area (Å²) in [5.41, 5.74) is -0.905. The van der Waals surface area contributed by atoms with Crippen molar-refractivity contribution in [3.8, 4) is 0 Å². The molecule has 0 spiro atoms. The minimum absolute atomic E-state index is 0.0468. The highest BCUT2D eigenvalue weighted by molar-refractivity contribution is 5.93. The third kappa shape index (κ3) is 4.23. The van der Waals surface area contributed by atoms with E-state index in [2.05, 4.69) is 5.32 Å². The van der Waals surface area contributed by atoms with E-state index in [0.717, 1.165) is 12.1 Å². The Kier molecular flexibility index (Phi) is 5.08. The summed E-state index contributed by atoms with van der Waals surface area (Å²) in [7, 11) is 1.48. The molecule has 1 aromatic heterocycles. The van der Waals surface area contributed by atoms with E-state index < -0.39 is 23.8 Å². The number of pyridine rings is 1. The lowest BCUT2D eigenvalue weighted by molar-refractivity contribution is -0.137. The van der Waals surface area contributed by atoms with Crippen LogP contribution in [0.15, 0.2) is 47.4 Å². The van der Waals surface area contributed by atoms with Crippen LogP contribution < -0.4 is 10.9 Å². The number of hydrogen-bond acceptors (Lipinski definition) is 3. The zero-order valence-corrected chi connectivity index (χ0v) is 12.7. The zero-order valence-electron chi connectivity index (χ0n) is 12.7. The average Bonchev–Trinajstić information content (AvgIpc) is 2.54. The Morgan fingerprint density at radius 3 is 2.62 bits per heavy atom. The van der Waals surface area contributed by atoms with Gasteiger partial charge in [-0.3, -0.25) is 9.59 Å². The van der Waals surface area contributed by atoms with Crippen LogP contribution in [0.3, 0.4) is 0 Å². The standard InChI is InChI=1S/C16H15F3N2O3/c1-21-9-11(5-6-14(21)23)15(24)20-8-13(22)10-3-2-4-12(7-10)16(17,18)19/h2-7,9,13,22H,8H2,1H3,(H,20,24). The number of nitrogens with one attached hydrogen (secondary N) is 1. The van der Waals surface area contributed by atoms with Crippen molar-refractivity contribution >= 4 is 5.91 Å². The summed E-state index contributed by atoms with van der Waals surface area (Å²) in [5.74, 6) is -0.545. The van der Waals surface area contributed by atoms with Gasteiger partial charge >= 0.3 is 6.18 Å². The molecular weight excluding hydrogens is 325 g/mol. The number of alkyl halides is 3. The smallest absolute Gasteiger partial charge is 0.387 e. The lowest BCUT2D eigenvalue weighted by atomic mass is 10.1. The first kappa shape index (κ1) is 17.7. The van der Waals surface area contributed by atoms with Crippen LogP contribution in [0.4, 0.5) is 13.2 Å². The normalized spacial score (nSPS) is 12.7. The molecule has 128 valence electrons. The van der Waals surface area contributed by atoms with Gasteiger partial charge in [0, 0.05) is 25.9 Å². The minimum Gasteiger partial charge on any atom is -0.387 e. The molecule has 24 heavy (non-hydrogen) atoms. The molecule has 5 nitrogen and oxygen atoms in total. The second kappa shape index (κ2) is 6.88. The molecule has 1 amide bonds. The first-order valence-electron chi connectivity index (χ1n) is 6.98. The van der Waals surface area contributed by atoms with Gasteiger partial charge in [-0.2, -0.15) is 13.2 Å². The third-order valence-corrected chi connectivity index (χ3v) is 3.40. The fourth-order valence-electron chi connectivity index (χ4n) is 2.06. The quantitative estimate of drug-likeness (QED) is 0.893. The average molecular weight is 340 g/mol. The molecule has 0 aliphatic rings. The van der Waals surface area contributed by atoms with Gasteiger partial charge in [0.15, 0.2) is 0 Å². The Bertz CT molecular complexity index is 800. The molecule has 2 aromatic rings. The van der Waals surface area contributed by atoms with Crippen LogP contribution in [0, 0.1) is 0 Å². The number of rotatable bonds is 4. The largest absolute Gasteiger partial charge is 0.416 e. The summed E-state index contributed by atoms with van der Waals surface area (Å²) in [5, 5.41) is 12.4. The van der Waals surface area contributed by atoms with Crippen molar-refractivity contribution in [2.45, 2.75) is 12.3 Å². The number of halogens is 3. The number of carbonyl (C=O) groups excluding carboxylic acids is 1. The summed E-state index contributed by atoms with van der Waals surface area (Å²) in [4.78, 5) is 23.2. The van der Waals surface area contributed by atoms with Gasteiger partial charge in [0.2, 0.25) is 5.56 Å². The topological polar surface area (TPSA) is 71.3 Å². The molecule has 0 saturated carbocycles. The van der Waals surface area contributed by atoms with Crippen molar-refractivity contribution in [3.05, 3.63) is 69.6 Å². The van der Waals surface area contributed by atoms with Crippen molar-refractivity contribution in [3.63, 3.8) is 0 Å². The number of aromatic nitrogens is 1. The predicted molar refractivity (Wildman–Crippen MR) is 80.4 cm³/mol. The molecule has 2 N–H and O–H groups in total. The van der Waals surface area contributed by atoms with Gasteiger partial charge in [-0.15, -0.1) is 0 Å². The molecule has 2 rings (SSSR count). The van der Waals surface area contributed by atoms with Crippen LogP contribution in [0.5, 0.6) is 0 Å². The highest BCUT2D eigenvalue weighted by atomic mass is 19.4. The maximum Gasteiger partial charge on any atom is 0.416 e. The van der Waals surface area contributed by atoms with Crippen molar-refractivity contribution < 1.29 is 23.1 Å². The third-order valence-electron chi connectivity index (χ3n) is 3.40. The van der Waals surface area contributed by atoms with Gasteiger partial charge in [0.1, 0.15) is 0 Å². The maximum absolute atomic E-state index is 12.7. The van der Waals surface area contributed by atoms with E-state index in [1.807, 2.05) is 0 Å². The Morgan fingerprint density at radius 1 is 1.29 bits per heavy atom. The van der Waals surface area contributed by atoms with Gasteiger partial charge in [-0.25, -0.2) is 0 Å². The molecule has 0 bridgehead atoms. The summed E-state index contributed by atoms with van der Waals surface area (Å²) in [6.07, 6.45) is -4.47. The van der Waals surface area contributed by atoms with E-state index in [1.54, 1.807) is 0 Å². The highest BCUT2D eigenvalue weighted by Crippen LogP contribution is 2.30. The first-order valence-corrected chi connectivity index (χ1v) is 6.98. The molecule has 1 unspecified atom stereocenters. The van der Waals surface area contributed by atoms with E-state index in [4.69, 9.17) is 0 Å². The van der Waals surface area contributed by atoms with Crippen molar-refractivity contribution in [1.29, 1.82) is 0 Å². The Balaban J connectivity index is 2.05. The lowest BCUT2D eigenvalue weighted by Crippen LogP contribution is -2.29. The molecule has 1 heterocycles. The number of nitrogens with zero attached hydrogens (tertiary/aromatic N) is 1. The van der Waals surface area contributed by atoms with E-state index >= 15 is 0 Å². The van der Waals surface area contributed by atoms with E-state index in [0.29, 0.717) is 0 Å². The molecule has 1 atom stereocenters. The summed E-state index contributed by atoms with van der Waals surface area (Å²) in [6.45, 7) is -0.261. The molecular formula is C16H15F3N2O3. The summed E-state index contributed by atoms with van der Waals surface area (Å²) >= 11 is 0. The van der Waals surface area contributed by atoms with Crippen LogP contribution in [0.25, 0.3) is 0 Å². The number of aryl methyl sites for hydroxylation is 1. The number of hydrogen-bond donors (Lipinski definition) is 2. The van der Waals surface area contributed by atoms with Gasteiger partial charge in [0.05, 0.1) is 17.2 Å². The Labute approximate surface area is 135 Å². The van der Waals surface area contributed by atoms with Gasteiger partial charge in [-0.1, -0.05) is 12.1 Å². The molecule has 0 aliphatic carbocycles. The lowest BCUT2D eigenvalue weighted by Gasteiger charge is -2.14. The molecule has 0 aliphatic heterocycles. The van der Waals surface area contributed by atoms with E-state index in [9.17, 15) is 27.9 Å². The predicted octanol–water partition coefficient (Wildman–Crippen LogP) is 1.87. The number of amides is 1. The van der Waals surface area contributed by atoms with Gasteiger partial charge in [0.25, 0.3) is 5.91 Å². The molecule has 0 radical (unpaired) electrons. The van der Waals surface area contributed by atoms with Crippen molar-refractivity contribution in [2.24, 2.45) is 7.05 Å². The zero-order chi connectivity index (χ0) is 17.9. The highest BCUT2D eigenvalue weighted by Gasteiger charge is 2.30. The van der Waals surface area contributed by atoms with E-state index in [1.165, 1.54) is 42.1 Å². The molecule has 0 fully saturated rings. The summed E-state index contributed by atoms with van der Waals surface area (Å²) < 4.78 is 39.2. The number of aliphatic hydroxyl groups excluding tert-OH is 1. The van der Waals surface area contributed by atoms with Crippen LogP contribution in [-0.4, -0.2) is 22.1 Å². The fourth-order valence-corrected chi connectivity index (χ4v) is 2.06. The molecule has 0 saturated heterocycles. The van der Waals surface area contributed by atoms with Gasteiger partial charge < -0.3 is 15.0 Å². The van der Waals surface area contributed by atoms with Crippen molar-refractivity contribution in [1.82, 2.24) is 9.88 Å². The van der Waals surface area contributed by atoms with Crippen LogP contribution in [0.1, 0.15) is 27.6 Å². The monoisotopic (exact) mass is 340 g/mol. The van der Waals surface area contributed by atoms with Gasteiger partial charge in [-0.05, 0) is 23.8 Å². The number of carbonyl (C=O) groups is 1. The molecule has 8 heteroatoms. The second-order valence-electron chi connectivity index (χ2n) is 5.22. The Morgan fingerprint density at radius 2 is 2.00 bits per heavy atom. The van der Waals surface area contributed by atoms with Crippen molar-refractivity contribution in [2.75, 3.05) is 6.54 Å². The number of benzene rings is 1. The first-order chi connectivity index (χ1) is 11.2. The minimum atomic E-state index is -4.51. The fraction of sp³-hybridized carbons (Fsp3) is 0.250. The Hall–Kier alpha value is -2.61. The SMILES string of the molecule is Cn1cc(C(=O)NCC(O)c2cccc(C(F)(F)F)c2)ccc1=O. The van der Waals surface area contributed by atoms with Crippen LogP contribution in [-0.2, 0) is 13.2 Å². The van der Waals surface area contributed by atoms with Crippen LogP contribution in [0.2, 0.25) is 0 Å². The van der Waals surface area contributed by atoms with E-state index in [-0.39, 0.29) is 23.2 Å². The van der Waals surface area contributed by atoms with Crippen LogP contribution >= 0.6 is 0 Å². The molecule has 1 aromatic carbocycles.